The van der Waals surface area contributed by atoms with Gasteiger partial charge in [-0.15, -0.1) is 0 Å². The Balaban J connectivity index is 1.73. The number of carbonyl (C=O) groups is 2. The van der Waals surface area contributed by atoms with Crippen LogP contribution in [-0.4, -0.2) is 57.1 Å². The lowest BCUT2D eigenvalue weighted by atomic mass is 10.0. The molecule has 3 aromatic carbocycles. The lowest BCUT2D eigenvalue weighted by Crippen LogP contribution is -2.54. The second-order valence-corrected chi connectivity index (χ2v) is 13.1. The van der Waals surface area contributed by atoms with Gasteiger partial charge in [0.15, 0.2) is 0 Å². The molecule has 1 N–H and O–H groups in total. The lowest BCUT2D eigenvalue weighted by molar-refractivity contribution is -0.140. The topological polar surface area (TPSA) is 96.0 Å². The zero-order valence-electron chi connectivity index (χ0n) is 23.3. The summed E-state index contributed by atoms with van der Waals surface area (Å²) in [4.78, 5) is 29.6. The Labute approximate surface area is 250 Å². The second kappa shape index (κ2) is 14.0. The Hall–Kier alpha value is -3.37. The highest BCUT2D eigenvalue weighted by Crippen LogP contribution is 2.30. The van der Waals surface area contributed by atoms with Crippen molar-refractivity contribution in [3.8, 4) is 5.75 Å². The summed E-state index contributed by atoms with van der Waals surface area (Å²) in [7, 11) is -2.43. The van der Waals surface area contributed by atoms with E-state index in [2.05, 4.69) is 21.2 Å². The van der Waals surface area contributed by atoms with Gasteiger partial charge in [-0.05, 0) is 48.2 Å². The molecule has 3 aromatic rings. The quantitative estimate of drug-likeness (QED) is 0.303. The number of hydrogen-bond donors (Lipinski definition) is 1. The minimum absolute atomic E-state index is 0.0616. The van der Waals surface area contributed by atoms with Gasteiger partial charge in [-0.25, -0.2) is 8.42 Å². The fraction of sp³-hybridized carbons (Fsp3) is 0.355. The Kier molecular flexibility index (Phi) is 10.4. The van der Waals surface area contributed by atoms with Crippen LogP contribution in [0, 0.1) is 0 Å². The predicted octanol–water partition coefficient (Wildman–Crippen LogP) is 4.92. The van der Waals surface area contributed by atoms with E-state index in [1.807, 2.05) is 54.6 Å². The molecule has 1 aliphatic rings. The van der Waals surface area contributed by atoms with Crippen molar-refractivity contribution in [2.24, 2.45) is 0 Å². The molecule has 8 nitrogen and oxygen atoms in total. The molecule has 4 rings (SSSR count). The van der Waals surface area contributed by atoms with Crippen LogP contribution in [0.5, 0.6) is 5.75 Å². The van der Waals surface area contributed by atoms with Gasteiger partial charge in [-0.3, -0.25) is 13.9 Å². The maximum Gasteiger partial charge on any atom is 0.244 e. The highest BCUT2D eigenvalue weighted by atomic mass is 79.9. The van der Waals surface area contributed by atoms with Crippen LogP contribution in [0.2, 0.25) is 0 Å². The Morgan fingerprint density at radius 3 is 2.22 bits per heavy atom. The maximum absolute atomic E-state index is 14.2. The summed E-state index contributed by atoms with van der Waals surface area (Å²) in [6.45, 7) is -0.358. The van der Waals surface area contributed by atoms with Crippen molar-refractivity contribution >= 4 is 43.5 Å². The van der Waals surface area contributed by atoms with E-state index in [0.717, 1.165) is 51.8 Å². The fourth-order valence-electron chi connectivity index (χ4n) is 5.14. The van der Waals surface area contributed by atoms with Crippen molar-refractivity contribution in [2.75, 3.05) is 24.2 Å². The van der Waals surface area contributed by atoms with E-state index in [1.54, 1.807) is 24.3 Å². The molecule has 0 aliphatic heterocycles. The number of methoxy groups -OCH3 is 1. The molecule has 1 aliphatic carbocycles. The first kappa shape index (κ1) is 30.6. The molecule has 0 heterocycles. The van der Waals surface area contributed by atoms with E-state index in [9.17, 15) is 18.0 Å². The lowest BCUT2D eigenvalue weighted by Gasteiger charge is -2.34. The summed E-state index contributed by atoms with van der Waals surface area (Å²) in [6.07, 6.45) is 5.26. The Morgan fingerprint density at radius 1 is 0.951 bits per heavy atom. The fourth-order valence-corrected chi connectivity index (χ4v) is 6.26. The van der Waals surface area contributed by atoms with Gasteiger partial charge in [0.2, 0.25) is 21.8 Å². The largest absolute Gasteiger partial charge is 0.495 e. The third kappa shape index (κ3) is 8.33. The molecule has 1 atom stereocenters. The van der Waals surface area contributed by atoms with E-state index < -0.39 is 28.5 Å². The summed E-state index contributed by atoms with van der Waals surface area (Å²) >= 11 is 3.45. The standard InChI is InChI=1S/C31H36BrN3O5S/c1-40-29-15-9-8-14-27(29)35(41(2,38)39)22-30(36)34(21-24-16-18-25(32)19-17-24)28(20-23-10-4-3-5-11-23)31(37)33-26-12-6-7-13-26/h3-5,8-11,14-19,26,28H,6-7,12-13,20-22H2,1-2H3,(H,33,37). The van der Waals surface area contributed by atoms with Gasteiger partial charge in [-0.1, -0.05) is 83.4 Å². The predicted molar refractivity (Wildman–Crippen MR) is 164 cm³/mol. The monoisotopic (exact) mass is 641 g/mol. The number of nitrogens with one attached hydrogen (secondary N) is 1. The molecular weight excluding hydrogens is 606 g/mol. The summed E-state index contributed by atoms with van der Waals surface area (Å²) in [5.41, 5.74) is 1.97. The number of halogens is 1. The van der Waals surface area contributed by atoms with Crippen LogP contribution < -0.4 is 14.4 Å². The number of amides is 2. The average molecular weight is 643 g/mol. The van der Waals surface area contributed by atoms with Gasteiger partial charge < -0.3 is 15.0 Å². The van der Waals surface area contributed by atoms with E-state index in [1.165, 1.54) is 12.0 Å². The van der Waals surface area contributed by atoms with Crippen LogP contribution in [0.15, 0.2) is 83.3 Å². The minimum Gasteiger partial charge on any atom is -0.495 e. The van der Waals surface area contributed by atoms with E-state index in [-0.39, 0.29) is 30.6 Å². The molecule has 0 saturated heterocycles. The number of nitrogens with zero attached hydrogens (tertiary/aromatic N) is 2. The molecule has 10 heteroatoms. The molecule has 41 heavy (non-hydrogen) atoms. The average Bonchev–Trinajstić information content (AvgIpc) is 3.47. The van der Waals surface area contributed by atoms with Crippen molar-refractivity contribution in [3.05, 3.63) is 94.5 Å². The van der Waals surface area contributed by atoms with E-state index in [0.29, 0.717) is 5.75 Å². The van der Waals surface area contributed by atoms with Gasteiger partial charge in [-0.2, -0.15) is 0 Å². The van der Waals surface area contributed by atoms with Crippen LogP contribution in [0.3, 0.4) is 0 Å². The second-order valence-electron chi connectivity index (χ2n) is 10.3. The molecule has 1 fully saturated rings. The smallest absolute Gasteiger partial charge is 0.244 e. The zero-order chi connectivity index (χ0) is 29.4. The highest BCUT2D eigenvalue weighted by molar-refractivity contribution is 9.10. The van der Waals surface area contributed by atoms with Gasteiger partial charge in [0, 0.05) is 23.5 Å². The highest BCUT2D eigenvalue weighted by Gasteiger charge is 2.34. The van der Waals surface area contributed by atoms with Crippen LogP contribution in [0.4, 0.5) is 5.69 Å². The first-order valence-corrected chi connectivity index (χ1v) is 16.3. The Morgan fingerprint density at radius 2 is 1.59 bits per heavy atom. The number of para-hydroxylation sites is 2. The molecule has 0 radical (unpaired) electrons. The van der Waals surface area contributed by atoms with Crippen molar-refractivity contribution < 1.29 is 22.7 Å². The van der Waals surface area contributed by atoms with Crippen LogP contribution in [0.1, 0.15) is 36.8 Å². The van der Waals surface area contributed by atoms with Crippen molar-refractivity contribution in [2.45, 2.75) is 50.7 Å². The van der Waals surface area contributed by atoms with Crippen molar-refractivity contribution in [3.63, 3.8) is 0 Å². The van der Waals surface area contributed by atoms with Gasteiger partial charge in [0.05, 0.1) is 19.1 Å². The first-order valence-electron chi connectivity index (χ1n) is 13.6. The number of benzene rings is 3. The van der Waals surface area contributed by atoms with E-state index in [4.69, 9.17) is 4.74 Å². The van der Waals surface area contributed by atoms with Gasteiger partial charge in [0.1, 0.15) is 18.3 Å². The molecule has 1 unspecified atom stereocenters. The van der Waals surface area contributed by atoms with E-state index >= 15 is 0 Å². The number of rotatable bonds is 12. The molecular formula is C31H36BrN3O5S. The molecule has 2 amide bonds. The summed E-state index contributed by atoms with van der Waals surface area (Å²) < 4.78 is 33.3. The van der Waals surface area contributed by atoms with Crippen molar-refractivity contribution in [1.82, 2.24) is 10.2 Å². The van der Waals surface area contributed by atoms with Gasteiger partial charge >= 0.3 is 0 Å². The zero-order valence-corrected chi connectivity index (χ0v) is 25.7. The summed E-state index contributed by atoms with van der Waals surface area (Å²) in [6, 6.07) is 22.9. The number of anilines is 1. The first-order chi connectivity index (χ1) is 19.7. The molecule has 218 valence electrons. The number of hydrogen-bond acceptors (Lipinski definition) is 5. The molecule has 1 saturated carbocycles. The molecule has 0 spiro atoms. The summed E-state index contributed by atoms with van der Waals surface area (Å²) in [5.74, 6) is -0.411. The van der Waals surface area contributed by atoms with Crippen LogP contribution >= 0.6 is 15.9 Å². The number of carbonyl (C=O) groups excluding carboxylic acids is 2. The maximum atomic E-state index is 14.2. The molecule has 0 aromatic heterocycles. The summed E-state index contributed by atoms with van der Waals surface area (Å²) in [5, 5.41) is 3.17. The SMILES string of the molecule is COc1ccccc1N(CC(=O)N(Cc1ccc(Br)cc1)C(Cc1ccccc1)C(=O)NC1CCCC1)S(C)(=O)=O. The minimum atomic E-state index is -3.88. The van der Waals surface area contributed by atoms with Crippen molar-refractivity contribution in [1.29, 1.82) is 0 Å². The molecule has 0 bridgehead atoms. The number of ether oxygens (including phenoxy) is 1. The normalized spacial score (nSPS) is 14.3. The number of sulfonamides is 1. The van der Waals surface area contributed by atoms with Crippen LogP contribution in [-0.2, 0) is 32.6 Å². The third-order valence-electron chi connectivity index (χ3n) is 7.27. The van der Waals surface area contributed by atoms with Crippen LogP contribution in [0.25, 0.3) is 0 Å². The Bertz CT molecular complexity index is 1430. The third-order valence-corrected chi connectivity index (χ3v) is 8.93. The van der Waals surface area contributed by atoms with Gasteiger partial charge in [0.25, 0.3) is 0 Å².